The molecule has 0 saturated carbocycles. The standard InChI is InChI=1S/C8H11Br/c1-2-3-4-5-6-7-8-9/h1,5-6H,3-4,7-8H2. The van der Waals surface area contributed by atoms with Gasteiger partial charge >= 0.3 is 0 Å². The van der Waals surface area contributed by atoms with E-state index in [0.29, 0.717) is 0 Å². The summed E-state index contributed by atoms with van der Waals surface area (Å²) in [5, 5.41) is 1.04. The van der Waals surface area contributed by atoms with E-state index < -0.39 is 0 Å². The van der Waals surface area contributed by atoms with Crippen molar-refractivity contribution in [3.63, 3.8) is 0 Å². The molecule has 0 aromatic heterocycles. The van der Waals surface area contributed by atoms with Crippen molar-refractivity contribution in [2.24, 2.45) is 0 Å². The first-order valence-corrected chi connectivity index (χ1v) is 4.18. The van der Waals surface area contributed by atoms with Gasteiger partial charge in [-0.15, -0.1) is 12.3 Å². The van der Waals surface area contributed by atoms with Crippen LogP contribution in [0, 0.1) is 12.3 Å². The minimum absolute atomic E-state index is 0.860. The van der Waals surface area contributed by atoms with E-state index in [1.165, 1.54) is 0 Å². The second kappa shape index (κ2) is 7.78. The van der Waals surface area contributed by atoms with Gasteiger partial charge in [0.1, 0.15) is 0 Å². The summed E-state index contributed by atoms with van der Waals surface area (Å²) in [6.07, 6.45) is 12.3. The topological polar surface area (TPSA) is 0 Å². The fraction of sp³-hybridized carbons (Fsp3) is 0.500. The maximum atomic E-state index is 5.05. The Morgan fingerprint density at radius 1 is 1.33 bits per heavy atom. The molecule has 0 amide bonds. The van der Waals surface area contributed by atoms with Crippen molar-refractivity contribution in [2.45, 2.75) is 19.3 Å². The molecule has 0 aromatic carbocycles. The van der Waals surface area contributed by atoms with Gasteiger partial charge in [0.15, 0.2) is 0 Å². The van der Waals surface area contributed by atoms with Gasteiger partial charge < -0.3 is 0 Å². The first-order valence-electron chi connectivity index (χ1n) is 3.06. The van der Waals surface area contributed by atoms with Gasteiger partial charge in [-0.1, -0.05) is 28.1 Å². The Kier molecular flexibility index (Phi) is 7.59. The van der Waals surface area contributed by atoms with Crippen LogP contribution < -0.4 is 0 Å². The van der Waals surface area contributed by atoms with Crippen molar-refractivity contribution < 1.29 is 0 Å². The Morgan fingerprint density at radius 2 is 2.00 bits per heavy atom. The highest BCUT2D eigenvalue weighted by Gasteiger charge is 1.74. The molecule has 0 saturated heterocycles. The second-order valence-electron chi connectivity index (χ2n) is 1.69. The van der Waals surface area contributed by atoms with Crippen molar-refractivity contribution >= 4 is 15.9 Å². The van der Waals surface area contributed by atoms with Crippen LogP contribution in [0.15, 0.2) is 12.2 Å². The molecule has 1 heteroatoms. The molecule has 0 aromatic rings. The zero-order valence-electron chi connectivity index (χ0n) is 5.44. The molecular formula is C8H11Br. The number of halogens is 1. The third kappa shape index (κ3) is 7.78. The molecule has 0 unspecified atom stereocenters. The van der Waals surface area contributed by atoms with E-state index in [0.717, 1.165) is 24.6 Å². The van der Waals surface area contributed by atoms with Crippen molar-refractivity contribution in [1.82, 2.24) is 0 Å². The number of hydrogen-bond acceptors (Lipinski definition) is 0. The number of unbranched alkanes of at least 4 members (excludes halogenated alkanes) is 1. The van der Waals surface area contributed by atoms with E-state index in [-0.39, 0.29) is 0 Å². The van der Waals surface area contributed by atoms with Gasteiger partial charge in [0, 0.05) is 11.8 Å². The normalized spacial score (nSPS) is 9.78. The Bertz CT molecular complexity index is 108. The molecule has 0 bridgehead atoms. The number of hydrogen-bond donors (Lipinski definition) is 0. The average molecular weight is 187 g/mol. The molecule has 0 atom stereocenters. The number of terminal acetylenes is 1. The van der Waals surface area contributed by atoms with Crippen LogP contribution in [-0.4, -0.2) is 5.33 Å². The summed E-state index contributed by atoms with van der Waals surface area (Å²) in [5.74, 6) is 2.58. The highest BCUT2D eigenvalue weighted by Crippen LogP contribution is 1.93. The monoisotopic (exact) mass is 186 g/mol. The fourth-order valence-corrected chi connectivity index (χ4v) is 0.730. The highest BCUT2D eigenvalue weighted by molar-refractivity contribution is 9.09. The van der Waals surface area contributed by atoms with Crippen LogP contribution in [0.2, 0.25) is 0 Å². The van der Waals surface area contributed by atoms with Crippen molar-refractivity contribution in [3.8, 4) is 12.3 Å². The van der Waals surface area contributed by atoms with Crippen LogP contribution in [0.5, 0.6) is 0 Å². The minimum Gasteiger partial charge on any atom is -0.120 e. The molecule has 0 radical (unpaired) electrons. The molecule has 0 aliphatic heterocycles. The number of rotatable bonds is 4. The van der Waals surface area contributed by atoms with Crippen molar-refractivity contribution in [3.05, 3.63) is 12.2 Å². The summed E-state index contributed by atoms with van der Waals surface area (Å²) in [6, 6.07) is 0. The summed E-state index contributed by atoms with van der Waals surface area (Å²) in [6.45, 7) is 0. The summed E-state index contributed by atoms with van der Waals surface area (Å²) in [7, 11) is 0. The third-order valence-electron chi connectivity index (χ3n) is 0.898. The third-order valence-corrected chi connectivity index (χ3v) is 1.36. The van der Waals surface area contributed by atoms with E-state index in [1.54, 1.807) is 0 Å². The maximum Gasteiger partial charge on any atom is 0.0121 e. The lowest BCUT2D eigenvalue weighted by Gasteiger charge is -1.82. The van der Waals surface area contributed by atoms with Crippen LogP contribution in [0.25, 0.3) is 0 Å². The van der Waals surface area contributed by atoms with Crippen LogP contribution in [0.4, 0.5) is 0 Å². The molecule has 9 heavy (non-hydrogen) atoms. The largest absolute Gasteiger partial charge is 0.120 e. The first kappa shape index (κ1) is 8.78. The predicted octanol–water partition coefficient (Wildman–Crippen LogP) is 2.74. The van der Waals surface area contributed by atoms with Crippen molar-refractivity contribution in [2.75, 3.05) is 5.33 Å². The molecule has 50 valence electrons. The molecule has 0 rings (SSSR count). The van der Waals surface area contributed by atoms with Gasteiger partial charge in [0.2, 0.25) is 0 Å². The predicted molar refractivity (Wildman–Crippen MR) is 45.6 cm³/mol. The lowest BCUT2D eigenvalue weighted by atomic mass is 10.3. The Labute approximate surface area is 65.5 Å². The van der Waals surface area contributed by atoms with E-state index in [9.17, 15) is 0 Å². The van der Waals surface area contributed by atoms with Gasteiger partial charge in [-0.25, -0.2) is 0 Å². The van der Waals surface area contributed by atoms with E-state index in [4.69, 9.17) is 6.42 Å². The molecular weight excluding hydrogens is 176 g/mol. The number of alkyl halides is 1. The smallest absolute Gasteiger partial charge is 0.0121 e. The summed E-state index contributed by atoms with van der Waals surface area (Å²) < 4.78 is 0. The van der Waals surface area contributed by atoms with Gasteiger partial charge in [-0.2, -0.15) is 0 Å². The van der Waals surface area contributed by atoms with E-state index in [2.05, 4.69) is 34.0 Å². The quantitative estimate of drug-likeness (QED) is 0.274. The Balaban J connectivity index is 2.97. The van der Waals surface area contributed by atoms with Gasteiger partial charge in [-0.05, 0) is 12.8 Å². The second-order valence-corrected chi connectivity index (χ2v) is 2.48. The van der Waals surface area contributed by atoms with Crippen LogP contribution in [0.1, 0.15) is 19.3 Å². The van der Waals surface area contributed by atoms with Crippen LogP contribution >= 0.6 is 15.9 Å². The zero-order valence-corrected chi connectivity index (χ0v) is 7.02. The molecule has 0 heterocycles. The van der Waals surface area contributed by atoms with Gasteiger partial charge in [0.25, 0.3) is 0 Å². The van der Waals surface area contributed by atoms with Crippen molar-refractivity contribution in [1.29, 1.82) is 0 Å². The molecule has 0 spiro atoms. The molecule has 0 aliphatic rings. The molecule has 0 fully saturated rings. The van der Waals surface area contributed by atoms with Crippen LogP contribution in [-0.2, 0) is 0 Å². The summed E-state index contributed by atoms with van der Waals surface area (Å²) in [4.78, 5) is 0. The molecule has 0 N–H and O–H groups in total. The summed E-state index contributed by atoms with van der Waals surface area (Å²) in [5.41, 5.74) is 0. The lowest BCUT2D eigenvalue weighted by molar-refractivity contribution is 1.07. The van der Waals surface area contributed by atoms with Crippen LogP contribution in [0.3, 0.4) is 0 Å². The lowest BCUT2D eigenvalue weighted by Crippen LogP contribution is -1.67. The molecule has 0 nitrogen and oxygen atoms in total. The van der Waals surface area contributed by atoms with Gasteiger partial charge in [0.05, 0.1) is 0 Å². The Hall–Kier alpha value is -0.220. The first-order chi connectivity index (χ1) is 4.41. The average Bonchev–Trinajstić information content (AvgIpc) is 1.89. The minimum atomic E-state index is 0.860. The number of allylic oxidation sites excluding steroid dienone is 2. The highest BCUT2D eigenvalue weighted by atomic mass is 79.9. The van der Waals surface area contributed by atoms with Gasteiger partial charge in [-0.3, -0.25) is 0 Å². The summed E-state index contributed by atoms with van der Waals surface area (Å²) >= 11 is 3.33. The maximum absolute atomic E-state index is 5.05. The fourth-order valence-electron chi connectivity index (χ4n) is 0.465. The van der Waals surface area contributed by atoms with E-state index in [1.807, 2.05) is 0 Å². The molecule has 0 aliphatic carbocycles. The Morgan fingerprint density at radius 3 is 2.56 bits per heavy atom. The van der Waals surface area contributed by atoms with E-state index >= 15 is 0 Å². The SMILES string of the molecule is C#CCCC=CCCBr. The zero-order chi connectivity index (χ0) is 6.95.